The molecule has 1 fully saturated rings. The van der Waals surface area contributed by atoms with Crippen molar-refractivity contribution in [2.75, 3.05) is 13.2 Å². The molecule has 3 rings (SSSR count). The van der Waals surface area contributed by atoms with Crippen molar-refractivity contribution in [3.05, 3.63) is 23.8 Å². The van der Waals surface area contributed by atoms with Crippen molar-refractivity contribution in [2.24, 2.45) is 17.1 Å². The quantitative estimate of drug-likeness (QED) is 0.854. The van der Waals surface area contributed by atoms with Crippen molar-refractivity contribution in [3.63, 3.8) is 0 Å². The summed E-state index contributed by atoms with van der Waals surface area (Å²) in [5.74, 6) is 2.18. The average Bonchev–Trinajstić information content (AvgIpc) is 2.46. The van der Waals surface area contributed by atoms with Crippen LogP contribution in [0.4, 0.5) is 0 Å². The third-order valence-electron chi connectivity index (χ3n) is 5.08. The van der Waals surface area contributed by atoms with Crippen LogP contribution in [-0.2, 0) is 5.54 Å². The summed E-state index contributed by atoms with van der Waals surface area (Å²) in [5, 5.41) is 0. The highest BCUT2D eigenvalue weighted by atomic mass is 16.6. The standard InChI is InChI=1S/C18H27NO2/c1-17(2,3)16-6-4-5-9-18(16,19)13-7-8-14-15(12-13)21-11-10-20-14/h7-8,12,16H,4-6,9-11,19H2,1-3H3. The Bertz CT molecular complexity index is 520. The van der Waals surface area contributed by atoms with Crippen LogP contribution < -0.4 is 15.2 Å². The molecular weight excluding hydrogens is 262 g/mol. The molecule has 0 bridgehead atoms. The molecule has 0 amide bonds. The van der Waals surface area contributed by atoms with E-state index in [1.165, 1.54) is 24.8 Å². The van der Waals surface area contributed by atoms with Crippen LogP contribution in [0, 0.1) is 11.3 Å². The SMILES string of the molecule is CC(C)(C)C1CCCCC1(N)c1ccc2c(c1)OCCO2. The topological polar surface area (TPSA) is 44.5 Å². The van der Waals surface area contributed by atoms with Gasteiger partial charge in [-0.1, -0.05) is 39.7 Å². The third kappa shape index (κ3) is 2.64. The summed E-state index contributed by atoms with van der Waals surface area (Å²) >= 11 is 0. The van der Waals surface area contributed by atoms with Crippen LogP contribution in [0.25, 0.3) is 0 Å². The molecule has 1 aromatic rings. The number of hydrogen-bond acceptors (Lipinski definition) is 3. The normalized spacial score (nSPS) is 29.2. The zero-order valence-corrected chi connectivity index (χ0v) is 13.4. The summed E-state index contributed by atoms with van der Waals surface area (Å²) in [5.41, 5.74) is 8.10. The van der Waals surface area contributed by atoms with Gasteiger partial charge in [0.25, 0.3) is 0 Å². The molecule has 1 aliphatic heterocycles. The van der Waals surface area contributed by atoms with Crippen LogP contribution in [0.5, 0.6) is 11.5 Å². The van der Waals surface area contributed by atoms with Crippen molar-refractivity contribution >= 4 is 0 Å². The molecule has 3 heteroatoms. The van der Waals surface area contributed by atoms with Gasteiger partial charge in [-0.3, -0.25) is 0 Å². The monoisotopic (exact) mass is 289 g/mol. The number of hydrogen-bond donors (Lipinski definition) is 1. The fraction of sp³-hybridized carbons (Fsp3) is 0.667. The minimum atomic E-state index is -0.258. The Morgan fingerprint density at radius 1 is 1.10 bits per heavy atom. The predicted octanol–water partition coefficient (Wildman–Crippen LogP) is 3.85. The second kappa shape index (κ2) is 5.20. The van der Waals surface area contributed by atoms with Gasteiger partial charge >= 0.3 is 0 Å². The maximum atomic E-state index is 6.95. The van der Waals surface area contributed by atoms with E-state index in [1.807, 2.05) is 6.07 Å². The number of fused-ring (bicyclic) bond motifs is 1. The molecule has 0 saturated heterocycles. The maximum Gasteiger partial charge on any atom is 0.161 e. The first-order valence-electron chi connectivity index (χ1n) is 8.10. The molecule has 1 aliphatic carbocycles. The lowest BCUT2D eigenvalue weighted by molar-refractivity contribution is 0.0772. The van der Waals surface area contributed by atoms with Crippen molar-refractivity contribution < 1.29 is 9.47 Å². The molecule has 2 unspecified atom stereocenters. The number of ether oxygens (including phenoxy) is 2. The van der Waals surface area contributed by atoms with E-state index in [9.17, 15) is 0 Å². The summed E-state index contributed by atoms with van der Waals surface area (Å²) in [6.07, 6.45) is 4.74. The number of nitrogens with two attached hydrogens (primary N) is 1. The second-order valence-electron chi connectivity index (χ2n) is 7.56. The summed E-state index contributed by atoms with van der Waals surface area (Å²) in [7, 11) is 0. The maximum absolute atomic E-state index is 6.95. The molecule has 116 valence electrons. The Hall–Kier alpha value is -1.22. The fourth-order valence-electron chi connectivity index (χ4n) is 4.08. The molecule has 0 radical (unpaired) electrons. The van der Waals surface area contributed by atoms with E-state index in [4.69, 9.17) is 15.2 Å². The smallest absolute Gasteiger partial charge is 0.161 e. The summed E-state index contributed by atoms with van der Waals surface area (Å²) in [6, 6.07) is 6.27. The molecule has 2 atom stereocenters. The zero-order valence-electron chi connectivity index (χ0n) is 13.4. The Kier molecular flexibility index (Phi) is 3.64. The highest BCUT2D eigenvalue weighted by Crippen LogP contribution is 2.49. The fourth-order valence-corrected chi connectivity index (χ4v) is 4.08. The molecule has 2 N–H and O–H groups in total. The molecule has 1 heterocycles. The van der Waals surface area contributed by atoms with Gasteiger partial charge in [0.15, 0.2) is 11.5 Å². The Labute approximate surface area is 127 Å². The first-order valence-corrected chi connectivity index (χ1v) is 8.10. The van der Waals surface area contributed by atoms with Gasteiger partial charge in [-0.05, 0) is 41.9 Å². The molecule has 2 aliphatic rings. The van der Waals surface area contributed by atoms with Crippen molar-refractivity contribution in [3.8, 4) is 11.5 Å². The van der Waals surface area contributed by atoms with Crippen LogP contribution in [0.3, 0.4) is 0 Å². The van der Waals surface area contributed by atoms with E-state index < -0.39 is 0 Å². The molecule has 21 heavy (non-hydrogen) atoms. The molecule has 0 spiro atoms. The second-order valence-corrected chi connectivity index (χ2v) is 7.56. The Morgan fingerprint density at radius 3 is 2.52 bits per heavy atom. The number of benzene rings is 1. The van der Waals surface area contributed by atoms with E-state index in [1.54, 1.807) is 0 Å². The highest BCUT2D eigenvalue weighted by Gasteiger charge is 2.44. The lowest BCUT2D eigenvalue weighted by Crippen LogP contribution is -2.51. The largest absolute Gasteiger partial charge is 0.486 e. The molecule has 3 nitrogen and oxygen atoms in total. The van der Waals surface area contributed by atoms with Gasteiger partial charge in [0.05, 0.1) is 0 Å². The Balaban J connectivity index is 1.99. The van der Waals surface area contributed by atoms with Gasteiger partial charge in [-0.2, -0.15) is 0 Å². The first kappa shape index (κ1) is 14.7. The van der Waals surface area contributed by atoms with E-state index in [2.05, 4.69) is 32.9 Å². The van der Waals surface area contributed by atoms with Crippen LogP contribution in [-0.4, -0.2) is 13.2 Å². The van der Waals surface area contributed by atoms with Gasteiger partial charge < -0.3 is 15.2 Å². The zero-order chi connectivity index (χ0) is 15.1. The van der Waals surface area contributed by atoms with Crippen LogP contribution in [0.15, 0.2) is 18.2 Å². The highest BCUT2D eigenvalue weighted by molar-refractivity contribution is 5.46. The Morgan fingerprint density at radius 2 is 1.81 bits per heavy atom. The minimum Gasteiger partial charge on any atom is -0.486 e. The summed E-state index contributed by atoms with van der Waals surface area (Å²) in [4.78, 5) is 0. The van der Waals surface area contributed by atoms with Gasteiger partial charge in [-0.25, -0.2) is 0 Å². The lowest BCUT2D eigenvalue weighted by atomic mass is 9.60. The minimum absolute atomic E-state index is 0.211. The lowest BCUT2D eigenvalue weighted by Gasteiger charge is -2.48. The number of rotatable bonds is 1. The van der Waals surface area contributed by atoms with Crippen LogP contribution in [0.1, 0.15) is 52.0 Å². The van der Waals surface area contributed by atoms with E-state index in [0.29, 0.717) is 19.1 Å². The van der Waals surface area contributed by atoms with E-state index in [0.717, 1.165) is 17.9 Å². The van der Waals surface area contributed by atoms with Gasteiger partial charge in [0.2, 0.25) is 0 Å². The van der Waals surface area contributed by atoms with Crippen LogP contribution >= 0.6 is 0 Å². The van der Waals surface area contributed by atoms with Gasteiger partial charge in [0, 0.05) is 5.54 Å². The van der Waals surface area contributed by atoms with Crippen LogP contribution in [0.2, 0.25) is 0 Å². The van der Waals surface area contributed by atoms with E-state index >= 15 is 0 Å². The molecule has 1 saturated carbocycles. The van der Waals surface area contributed by atoms with Crippen molar-refractivity contribution in [1.82, 2.24) is 0 Å². The third-order valence-corrected chi connectivity index (χ3v) is 5.08. The van der Waals surface area contributed by atoms with Crippen molar-refractivity contribution in [2.45, 2.75) is 52.0 Å². The van der Waals surface area contributed by atoms with Crippen molar-refractivity contribution in [1.29, 1.82) is 0 Å². The first-order chi connectivity index (χ1) is 9.91. The molecular formula is C18H27NO2. The summed E-state index contributed by atoms with van der Waals surface area (Å²) < 4.78 is 11.4. The predicted molar refractivity (Wildman–Crippen MR) is 84.7 cm³/mol. The average molecular weight is 289 g/mol. The molecule has 0 aromatic heterocycles. The summed E-state index contributed by atoms with van der Waals surface area (Å²) in [6.45, 7) is 8.18. The van der Waals surface area contributed by atoms with Gasteiger partial charge in [-0.15, -0.1) is 0 Å². The molecule has 1 aromatic carbocycles. The van der Waals surface area contributed by atoms with Gasteiger partial charge in [0.1, 0.15) is 13.2 Å². The van der Waals surface area contributed by atoms with E-state index in [-0.39, 0.29) is 11.0 Å².